The number of hydrogen-bond donors (Lipinski definition) is 0. The van der Waals surface area contributed by atoms with Gasteiger partial charge in [0.1, 0.15) is 5.25 Å². The second-order valence-corrected chi connectivity index (χ2v) is 33.0. The van der Waals surface area contributed by atoms with Gasteiger partial charge in [0.15, 0.2) is 0 Å². The number of para-hydroxylation sites is 2. The summed E-state index contributed by atoms with van der Waals surface area (Å²) in [6, 6.07) is 31.9. The van der Waals surface area contributed by atoms with Crippen molar-refractivity contribution in [1.82, 2.24) is 32.0 Å². The summed E-state index contributed by atoms with van der Waals surface area (Å²) in [5, 5.41) is -0.361. The minimum absolute atomic E-state index is 0.0309. The molecule has 5 aliphatic rings. The van der Waals surface area contributed by atoms with Gasteiger partial charge in [-0.05, 0) is 136 Å². The van der Waals surface area contributed by atoms with Gasteiger partial charge in [0, 0.05) is 120 Å². The Labute approximate surface area is 488 Å². The molecule has 4 fully saturated rings. The van der Waals surface area contributed by atoms with E-state index < -0.39 is 49.8 Å². The van der Waals surface area contributed by atoms with Crippen molar-refractivity contribution in [2.75, 3.05) is 99.0 Å². The van der Waals surface area contributed by atoms with Gasteiger partial charge in [-0.1, -0.05) is 72.8 Å². The van der Waals surface area contributed by atoms with E-state index in [-0.39, 0.29) is 52.7 Å². The zero-order chi connectivity index (χ0) is 59.9. The monoisotopic (exact) mass is 1220 g/mol. The van der Waals surface area contributed by atoms with Gasteiger partial charge in [0.05, 0.1) is 38.4 Å². The Bertz CT molecular complexity index is 3140. The van der Waals surface area contributed by atoms with Crippen LogP contribution >= 0.6 is 0 Å². The Hall–Kier alpha value is -4.01. The van der Waals surface area contributed by atoms with Gasteiger partial charge < -0.3 is 9.80 Å². The van der Waals surface area contributed by atoms with E-state index in [4.69, 9.17) is 0 Å². The molecular weight excluding hydrogens is 1130 g/mol. The Morgan fingerprint density at radius 3 is 1.57 bits per heavy atom. The minimum atomic E-state index is -3.18. The van der Waals surface area contributed by atoms with Gasteiger partial charge in [0.2, 0.25) is 40.1 Å². The van der Waals surface area contributed by atoms with Gasteiger partial charge in [0.25, 0.3) is 0 Å². The first kappa shape index (κ1) is 67.8. The van der Waals surface area contributed by atoms with Crippen LogP contribution in [-0.4, -0.2) is 196 Å². The fourth-order valence-electron chi connectivity index (χ4n) is 10.5. The fraction of sp³-hybridized carbons (Fsp3) is 0.586. The van der Waals surface area contributed by atoms with Crippen molar-refractivity contribution in [3.63, 3.8) is 0 Å². The van der Waals surface area contributed by atoms with Crippen LogP contribution in [0.5, 0.6) is 0 Å². The van der Waals surface area contributed by atoms with Crippen LogP contribution in [0.4, 0.5) is 11.4 Å². The molecule has 9 rings (SSSR count). The molecule has 4 saturated heterocycles. The number of hydrogen-bond acceptors (Lipinski definition) is 13. The number of rotatable bonds is 9. The van der Waals surface area contributed by atoms with E-state index in [2.05, 4.69) is 25.6 Å². The largest absolute Gasteiger partial charge is 0.369 e. The first-order valence-electron chi connectivity index (χ1n) is 28.3. The SMILES string of the molecule is C=S1(=O)Cc2ccccc2N1C(C)C.CC(C)N1CCCC(c2ccccc2)S1(=O)=O.CC(C)N1CCN(C)CCS1(=O)=O.CC(C)N1CCN(Cc2cccnc2)CCS1(=O)=O.CC(C)N1CCN(c2ccccc2)CCS1(=O)=O. The molecule has 0 radical (unpaired) electrons. The normalized spacial score (nSPS) is 23.5. The summed E-state index contributed by atoms with van der Waals surface area (Å²) in [4.78, 5) is 10.5. The molecule has 0 aliphatic carbocycles. The Morgan fingerprint density at radius 1 is 0.519 bits per heavy atom. The number of fused-ring (bicyclic) bond motifs is 1. The van der Waals surface area contributed by atoms with Crippen molar-refractivity contribution in [3.8, 4) is 0 Å². The summed E-state index contributed by atoms with van der Waals surface area (Å²) in [5.74, 6) is 5.07. The molecule has 0 N–H and O–H groups in total. The Balaban J connectivity index is 0.000000187. The van der Waals surface area contributed by atoms with Gasteiger partial charge in [-0.2, -0.15) is 17.2 Å². The predicted octanol–water partition coefficient (Wildman–Crippen LogP) is 7.06. The Morgan fingerprint density at radius 2 is 1.02 bits per heavy atom. The first-order chi connectivity index (χ1) is 38.0. The van der Waals surface area contributed by atoms with Crippen molar-refractivity contribution in [3.05, 3.63) is 126 Å². The van der Waals surface area contributed by atoms with Crippen LogP contribution in [0.15, 0.2) is 109 Å². The number of sulfonamides is 4. The lowest BCUT2D eigenvalue weighted by atomic mass is 10.1. The third-order valence-corrected chi connectivity index (χ3v) is 25.3. The van der Waals surface area contributed by atoms with Crippen molar-refractivity contribution in [2.24, 2.45) is 0 Å². The lowest BCUT2D eigenvalue weighted by Crippen LogP contribution is -2.43. The molecule has 454 valence electrons. The fourth-order valence-corrected chi connectivity index (χ4v) is 20.2. The predicted molar refractivity (Wildman–Crippen MR) is 335 cm³/mol. The van der Waals surface area contributed by atoms with Crippen molar-refractivity contribution in [1.29, 1.82) is 0 Å². The van der Waals surface area contributed by atoms with Crippen LogP contribution in [-0.2, 0) is 62.1 Å². The number of benzene rings is 3. The van der Waals surface area contributed by atoms with Gasteiger partial charge >= 0.3 is 0 Å². The number of aromatic nitrogens is 1. The zero-order valence-electron chi connectivity index (χ0n) is 49.8. The van der Waals surface area contributed by atoms with E-state index in [0.29, 0.717) is 51.6 Å². The summed E-state index contributed by atoms with van der Waals surface area (Å²) in [6.45, 7) is 26.8. The minimum Gasteiger partial charge on any atom is -0.369 e. The first-order valence-corrected chi connectivity index (χ1v) is 36.5. The molecule has 0 saturated carbocycles. The van der Waals surface area contributed by atoms with Gasteiger partial charge in [-0.15, -0.1) is 0 Å². The van der Waals surface area contributed by atoms with E-state index in [1.165, 1.54) is 0 Å². The summed E-state index contributed by atoms with van der Waals surface area (Å²) in [7, 11) is -12.6. The molecule has 81 heavy (non-hydrogen) atoms. The number of anilines is 2. The summed E-state index contributed by atoms with van der Waals surface area (Å²) >= 11 is 0. The lowest BCUT2D eigenvalue weighted by Gasteiger charge is -2.35. The average molecular weight is 1220 g/mol. The highest BCUT2D eigenvalue weighted by Gasteiger charge is 2.38. The Kier molecular flexibility index (Phi) is 25.3. The van der Waals surface area contributed by atoms with Gasteiger partial charge in [-0.3, -0.25) is 14.2 Å². The highest BCUT2D eigenvalue weighted by Crippen LogP contribution is 2.36. The standard InChI is InChI=1S/C13H21N3O2S.C13H20N2O2S.C13H19NO2S.C11H15NOS.C8H18N2O2S/c1-12(2)16-7-6-15(8-9-19(16,17)18)11-13-4-3-5-14-10-13;1-12(2)15-9-8-14(10-11-18(15,16)17)13-6-4-3-5-7-13;1-11(2)14-10-6-9-13(17(14,15)16)12-7-4-3-5-8-12;1-9(2)12-11-7-5-4-6-10(11)8-14(12,3)13;1-8(2)10-5-4-9(3)6-7-13(10,11)12/h3-5,10,12H,6-9,11H2,1-2H3;3-7,12H,8-11H2,1-2H3;3-5,7-8,11,13H,6,9-10H2,1-2H3;4-7,9H,3,8H2,1-2H3;8H,4-7H2,1-3H3. The van der Waals surface area contributed by atoms with Crippen molar-refractivity contribution < 1.29 is 37.9 Å². The molecule has 6 heterocycles. The highest BCUT2D eigenvalue weighted by molar-refractivity contribution is 8.01. The van der Waals surface area contributed by atoms with Crippen LogP contribution < -0.4 is 9.21 Å². The topological polar surface area (TPSA) is 192 Å². The molecule has 2 atom stereocenters. The maximum Gasteiger partial charge on any atom is 0.221 e. The molecule has 2 unspecified atom stereocenters. The van der Waals surface area contributed by atoms with E-state index in [1.54, 1.807) is 23.4 Å². The number of likely N-dealkylation sites (N-methyl/N-ethyl adjacent to an activating group) is 1. The van der Waals surface area contributed by atoms with E-state index >= 15 is 0 Å². The second kappa shape index (κ2) is 30.2. The van der Waals surface area contributed by atoms with Crippen LogP contribution in [0.2, 0.25) is 0 Å². The molecule has 0 bridgehead atoms. The smallest absolute Gasteiger partial charge is 0.221 e. The third kappa shape index (κ3) is 19.3. The third-order valence-electron chi connectivity index (χ3n) is 14.7. The average Bonchev–Trinajstić information content (AvgIpc) is 3.75. The summed E-state index contributed by atoms with van der Waals surface area (Å²) in [5.41, 5.74) is 5.37. The van der Waals surface area contributed by atoms with E-state index in [1.807, 2.05) is 184 Å². The van der Waals surface area contributed by atoms with Crippen molar-refractivity contribution >= 4 is 67.0 Å². The van der Waals surface area contributed by atoms with Crippen LogP contribution in [0, 0.1) is 0 Å². The van der Waals surface area contributed by atoms with E-state index in [9.17, 15) is 37.9 Å². The van der Waals surface area contributed by atoms with Crippen LogP contribution in [0.1, 0.15) is 104 Å². The highest BCUT2D eigenvalue weighted by atomic mass is 32.2. The number of nitrogens with zero attached hydrogens (tertiary/aromatic N) is 9. The maximum atomic E-state index is 12.5. The molecule has 5 aliphatic heterocycles. The molecule has 0 amide bonds. The van der Waals surface area contributed by atoms with Crippen LogP contribution in [0.3, 0.4) is 0 Å². The summed E-state index contributed by atoms with van der Waals surface area (Å²) < 4.78 is 117. The van der Waals surface area contributed by atoms with Gasteiger partial charge in [-0.25, -0.2) is 37.9 Å². The summed E-state index contributed by atoms with van der Waals surface area (Å²) in [6.07, 6.45) is 5.25. The molecule has 23 heteroatoms. The molecule has 3 aromatic carbocycles. The zero-order valence-corrected chi connectivity index (χ0v) is 53.9. The molecule has 1 aromatic heterocycles. The number of pyridine rings is 1. The molecule has 0 spiro atoms. The van der Waals surface area contributed by atoms with E-state index in [0.717, 1.165) is 67.1 Å². The van der Waals surface area contributed by atoms with Crippen molar-refractivity contribution in [2.45, 2.75) is 130 Å². The molecule has 4 aromatic rings. The molecular formula is C58H93N9O9S5. The van der Waals surface area contributed by atoms with Crippen LogP contribution in [0.25, 0.3) is 0 Å². The maximum absolute atomic E-state index is 12.5. The quantitative estimate of drug-likeness (QED) is 0.155. The second-order valence-electron chi connectivity index (χ2n) is 22.6. The lowest BCUT2D eigenvalue weighted by molar-refractivity contribution is 0.257. The molecule has 18 nitrogen and oxygen atoms in total.